The number of rotatable bonds is 8. The summed E-state index contributed by atoms with van der Waals surface area (Å²) in [4.78, 5) is 23.8. The van der Waals surface area contributed by atoms with Crippen LogP contribution in [0.2, 0.25) is 0 Å². The number of hydrogen-bond donors (Lipinski definition) is 1. The molecule has 0 heterocycles. The molecule has 1 amide bonds. The minimum Gasteiger partial charge on any atom is -0.482 e. The summed E-state index contributed by atoms with van der Waals surface area (Å²) in [6.07, 6.45) is 0.728. The number of fused-ring (bicyclic) bond motifs is 1. The Bertz CT molecular complexity index is 859. The first kappa shape index (κ1) is 21.6. The number of anilines is 1. The van der Waals surface area contributed by atoms with E-state index < -0.39 is 30.5 Å². The summed E-state index contributed by atoms with van der Waals surface area (Å²) in [6, 6.07) is 10.6. The van der Waals surface area contributed by atoms with E-state index in [9.17, 15) is 18.4 Å². The number of carbonyl (C=O) groups is 2. The Morgan fingerprint density at radius 2 is 1.68 bits per heavy atom. The zero-order valence-electron chi connectivity index (χ0n) is 16.5. The van der Waals surface area contributed by atoms with Crippen LogP contribution in [-0.2, 0) is 14.3 Å². The summed E-state index contributed by atoms with van der Waals surface area (Å²) in [5.74, 6) is -3.57. The maximum Gasteiger partial charge on any atom is 0.344 e. The van der Waals surface area contributed by atoms with Crippen LogP contribution in [0.1, 0.15) is 34.1 Å². The fourth-order valence-corrected chi connectivity index (χ4v) is 2.24. The number of carbonyl (C=O) groups excluding carboxylic acids is 2. The smallest absolute Gasteiger partial charge is 0.344 e. The quantitative estimate of drug-likeness (QED) is 0.655. The SMILES string of the molecule is CCC(C)(C)C(=O)Nc1ccc2cc(OCC(=O)OCC(C)(F)F)ccc2c1. The van der Waals surface area contributed by atoms with Crippen molar-refractivity contribution in [1.29, 1.82) is 0 Å². The van der Waals surface area contributed by atoms with Gasteiger partial charge in [0.2, 0.25) is 5.91 Å². The molecule has 0 atom stereocenters. The first-order chi connectivity index (χ1) is 13.0. The second-order valence-corrected chi connectivity index (χ2v) is 7.43. The van der Waals surface area contributed by atoms with E-state index in [0.29, 0.717) is 18.4 Å². The minimum absolute atomic E-state index is 0.0505. The highest BCUT2D eigenvalue weighted by Crippen LogP contribution is 2.26. The van der Waals surface area contributed by atoms with Crippen LogP contribution in [-0.4, -0.2) is 31.0 Å². The number of amides is 1. The Morgan fingerprint density at radius 3 is 2.32 bits per heavy atom. The van der Waals surface area contributed by atoms with Crippen LogP contribution in [0.15, 0.2) is 36.4 Å². The van der Waals surface area contributed by atoms with E-state index >= 15 is 0 Å². The number of hydrogen-bond acceptors (Lipinski definition) is 4. The van der Waals surface area contributed by atoms with Crippen LogP contribution in [0.3, 0.4) is 0 Å². The van der Waals surface area contributed by atoms with Crippen molar-refractivity contribution in [2.24, 2.45) is 5.41 Å². The van der Waals surface area contributed by atoms with Gasteiger partial charge in [-0.15, -0.1) is 0 Å². The Labute approximate surface area is 163 Å². The summed E-state index contributed by atoms with van der Waals surface area (Å²) < 4.78 is 35.1. The van der Waals surface area contributed by atoms with Crippen molar-refractivity contribution >= 4 is 28.3 Å². The maximum absolute atomic E-state index is 12.7. The van der Waals surface area contributed by atoms with Crippen LogP contribution in [0.4, 0.5) is 14.5 Å². The average Bonchev–Trinajstić information content (AvgIpc) is 2.63. The summed E-state index contributed by atoms with van der Waals surface area (Å²) in [5, 5.41) is 4.64. The van der Waals surface area contributed by atoms with Crippen molar-refractivity contribution in [3.8, 4) is 5.75 Å². The maximum atomic E-state index is 12.7. The molecule has 0 fully saturated rings. The first-order valence-corrected chi connectivity index (χ1v) is 9.02. The van der Waals surface area contributed by atoms with Crippen molar-refractivity contribution in [2.75, 3.05) is 18.5 Å². The summed E-state index contributed by atoms with van der Waals surface area (Å²) >= 11 is 0. The topological polar surface area (TPSA) is 64.6 Å². The first-order valence-electron chi connectivity index (χ1n) is 9.02. The molecule has 0 saturated carbocycles. The van der Waals surface area contributed by atoms with E-state index in [4.69, 9.17) is 4.74 Å². The van der Waals surface area contributed by atoms with Crippen molar-refractivity contribution in [3.63, 3.8) is 0 Å². The van der Waals surface area contributed by atoms with Gasteiger partial charge in [0.1, 0.15) is 5.75 Å². The van der Waals surface area contributed by atoms with Crippen LogP contribution in [0, 0.1) is 5.41 Å². The lowest BCUT2D eigenvalue weighted by molar-refractivity contribution is -0.155. The molecule has 0 spiro atoms. The Hall–Kier alpha value is -2.70. The molecule has 0 aliphatic rings. The fraction of sp³-hybridized carbons (Fsp3) is 0.429. The number of halogens is 2. The molecule has 2 aromatic rings. The van der Waals surface area contributed by atoms with Gasteiger partial charge in [0.05, 0.1) is 0 Å². The monoisotopic (exact) mass is 393 g/mol. The third-order valence-corrected chi connectivity index (χ3v) is 4.41. The molecule has 0 bridgehead atoms. The van der Waals surface area contributed by atoms with E-state index in [1.54, 1.807) is 24.3 Å². The molecule has 0 aliphatic heterocycles. The normalized spacial score (nSPS) is 11.9. The molecule has 0 saturated heterocycles. The highest BCUT2D eigenvalue weighted by Gasteiger charge is 2.25. The molecule has 2 rings (SSSR count). The molecule has 0 unspecified atom stereocenters. The van der Waals surface area contributed by atoms with E-state index in [-0.39, 0.29) is 5.91 Å². The Balaban J connectivity index is 2.01. The van der Waals surface area contributed by atoms with E-state index in [1.807, 2.05) is 32.9 Å². The summed E-state index contributed by atoms with van der Waals surface area (Å²) in [6.45, 7) is 4.98. The van der Waals surface area contributed by atoms with Crippen LogP contribution in [0.25, 0.3) is 10.8 Å². The van der Waals surface area contributed by atoms with Gasteiger partial charge in [-0.2, -0.15) is 0 Å². The van der Waals surface area contributed by atoms with Crippen LogP contribution in [0.5, 0.6) is 5.75 Å². The van der Waals surface area contributed by atoms with Gasteiger partial charge in [-0.1, -0.05) is 32.9 Å². The largest absolute Gasteiger partial charge is 0.482 e. The van der Waals surface area contributed by atoms with E-state index in [2.05, 4.69) is 10.1 Å². The molecule has 0 aromatic heterocycles. The van der Waals surface area contributed by atoms with Gasteiger partial charge in [0, 0.05) is 18.0 Å². The second kappa shape index (κ2) is 8.54. The van der Waals surface area contributed by atoms with E-state index in [0.717, 1.165) is 17.2 Å². The molecule has 5 nitrogen and oxygen atoms in total. The lowest BCUT2D eigenvalue weighted by Gasteiger charge is -2.21. The Kier molecular flexibility index (Phi) is 6.59. The van der Waals surface area contributed by atoms with Gasteiger partial charge < -0.3 is 14.8 Å². The molecule has 7 heteroatoms. The zero-order chi connectivity index (χ0) is 20.9. The molecule has 1 N–H and O–H groups in total. The minimum atomic E-state index is -3.07. The van der Waals surface area contributed by atoms with Crippen LogP contribution >= 0.6 is 0 Å². The van der Waals surface area contributed by atoms with Gasteiger partial charge in [-0.05, 0) is 41.5 Å². The number of esters is 1. The Morgan fingerprint density at radius 1 is 1.04 bits per heavy atom. The van der Waals surface area contributed by atoms with Gasteiger partial charge >= 0.3 is 5.97 Å². The molecule has 152 valence electrons. The molecule has 0 radical (unpaired) electrons. The number of nitrogens with one attached hydrogen (secondary N) is 1. The number of alkyl halides is 2. The highest BCUT2D eigenvalue weighted by molar-refractivity contribution is 5.97. The van der Waals surface area contributed by atoms with Crippen molar-refractivity contribution in [1.82, 2.24) is 0 Å². The van der Waals surface area contributed by atoms with Gasteiger partial charge in [-0.3, -0.25) is 4.79 Å². The fourth-order valence-electron chi connectivity index (χ4n) is 2.24. The highest BCUT2D eigenvalue weighted by atomic mass is 19.3. The van der Waals surface area contributed by atoms with Gasteiger partial charge in [-0.25, -0.2) is 13.6 Å². The van der Waals surface area contributed by atoms with E-state index in [1.165, 1.54) is 0 Å². The zero-order valence-corrected chi connectivity index (χ0v) is 16.5. The average molecular weight is 393 g/mol. The number of ether oxygens (including phenoxy) is 2. The lowest BCUT2D eigenvalue weighted by Crippen LogP contribution is -2.29. The number of benzene rings is 2. The van der Waals surface area contributed by atoms with Crippen molar-refractivity contribution in [2.45, 2.75) is 40.0 Å². The third-order valence-electron chi connectivity index (χ3n) is 4.41. The third kappa shape index (κ3) is 6.18. The lowest BCUT2D eigenvalue weighted by atomic mass is 9.89. The predicted octanol–water partition coefficient (Wildman–Crippen LogP) is 4.79. The molecular formula is C21H25F2NO4. The van der Waals surface area contributed by atoms with Crippen molar-refractivity contribution < 1.29 is 27.8 Å². The molecule has 2 aromatic carbocycles. The second-order valence-electron chi connectivity index (χ2n) is 7.43. The summed E-state index contributed by atoms with van der Waals surface area (Å²) in [7, 11) is 0. The molecule has 0 aliphatic carbocycles. The van der Waals surface area contributed by atoms with Crippen LogP contribution < -0.4 is 10.1 Å². The van der Waals surface area contributed by atoms with Crippen molar-refractivity contribution in [3.05, 3.63) is 36.4 Å². The molecule has 28 heavy (non-hydrogen) atoms. The predicted molar refractivity (Wildman–Crippen MR) is 104 cm³/mol. The van der Waals surface area contributed by atoms with Gasteiger partial charge in [0.15, 0.2) is 13.2 Å². The summed E-state index contributed by atoms with van der Waals surface area (Å²) in [5.41, 5.74) is 0.236. The standard InChI is InChI=1S/C21H25F2NO4/c1-5-20(2,3)19(26)24-16-8-6-15-11-17(9-7-14(15)10-16)27-12-18(25)28-13-21(4,22)23/h6-11H,5,12-13H2,1-4H3,(H,24,26). The van der Waals surface area contributed by atoms with Gasteiger partial charge in [0.25, 0.3) is 5.92 Å². The molecular weight excluding hydrogens is 368 g/mol.